The maximum atomic E-state index is 11.2. The first-order chi connectivity index (χ1) is 9.10. The van der Waals surface area contributed by atoms with Crippen LogP contribution in [0.15, 0.2) is 12.3 Å². The highest BCUT2D eigenvalue weighted by atomic mass is 16.4. The maximum absolute atomic E-state index is 11.2. The van der Waals surface area contributed by atoms with Gasteiger partial charge < -0.3 is 10.1 Å². The van der Waals surface area contributed by atoms with Crippen molar-refractivity contribution < 1.29 is 9.90 Å². The molecule has 1 saturated carbocycles. The molecule has 2 heterocycles. The average Bonchev–Trinajstić information content (AvgIpc) is 2.83. The summed E-state index contributed by atoms with van der Waals surface area (Å²) in [6, 6.07) is 1.51. The van der Waals surface area contributed by atoms with Crippen LogP contribution in [0.2, 0.25) is 0 Å². The lowest BCUT2D eigenvalue weighted by atomic mass is 9.75. The predicted molar refractivity (Wildman–Crippen MR) is 71.3 cm³/mol. The highest BCUT2D eigenvalue weighted by molar-refractivity contribution is 5.99. The second-order valence-corrected chi connectivity index (χ2v) is 5.57. The third-order valence-corrected chi connectivity index (χ3v) is 4.15. The van der Waals surface area contributed by atoms with Crippen LogP contribution in [0.5, 0.6) is 0 Å². The van der Waals surface area contributed by atoms with Gasteiger partial charge in [-0.1, -0.05) is 26.2 Å². The molecule has 100 valence electrons. The zero-order valence-corrected chi connectivity index (χ0v) is 10.9. The molecule has 0 saturated heterocycles. The first-order valence-electron chi connectivity index (χ1n) is 6.69. The van der Waals surface area contributed by atoms with Gasteiger partial charge in [0.2, 0.25) is 0 Å². The summed E-state index contributed by atoms with van der Waals surface area (Å²) < 4.78 is 0. The SMILES string of the molecule is CC1(c2nc3nccc(C(=O)O)c3[nH]2)CCCCC1. The molecule has 0 radical (unpaired) electrons. The number of aromatic nitrogens is 3. The fourth-order valence-electron chi connectivity index (χ4n) is 2.94. The molecule has 1 aliphatic rings. The van der Waals surface area contributed by atoms with Crippen LogP contribution in [-0.4, -0.2) is 26.0 Å². The zero-order chi connectivity index (χ0) is 13.5. The number of nitrogens with zero attached hydrogens (tertiary/aromatic N) is 2. The molecule has 0 aliphatic heterocycles. The van der Waals surface area contributed by atoms with Crippen LogP contribution in [0.4, 0.5) is 0 Å². The Morgan fingerprint density at radius 2 is 2.11 bits per heavy atom. The smallest absolute Gasteiger partial charge is 0.338 e. The van der Waals surface area contributed by atoms with E-state index in [9.17, 15) is 9.90 Å². The number of fused-ring (bicyclic) bond motifs is 1. The molecular formula is C14H17N3O2. The Labute approximate surface area is 111 Å². The minimum atomic E-state index is -0.948. The lowest BCUT2D eigenvalue weighted by molar-refractivity contribution is 0.0698. The number of aromatic carboxylic acids is 1. The number of rotatable bonds is 2. The Hall–Kier alpha value is -1.91. The minimum absolute atomic E-state index is 0.0225. The zero-order valence-electron chi connectivity index (χ0n) is 10.9. The van der Waals surface area contributed by atoms with Crippen molar-refractivity contribution in [1.82, 2.24) is 15.0 Å². The van der Waals surface area contributed by atoms with E-state index in [-0.39, 0.29) is 11.0 Å². The number of nitrogens with one attached hydrogen (secondary N) is 1. The molecule has 5 heteroatoms. The van der Waals surface area contributed by atoms with E-state index in [4.69, 9.17) is 0 Å². The van der Waals surface area contributed by atoms with Gasteiger partial charge in [-0.2, -0.15) is 0 Å². The van der Waals surface area contributed by atoms with Crippen LogP contribution in [0, 0.1) is 0 Å². The van der Waals surface area contributed by atoms with Crippen LogP contribution in [0.1, 0.15) is 55.2 Å². The molecule has 2 N–H and O–H groups in total. The third-order valence-electron chi connectivity index (χ3n) is 4.15. The highest BCUT2D eigenvalue weighted by Gasteiger charge is 2.32. The number of hydrogen-bond donors (Lipinski definition) is 2. The Balaban J connectivity index is 2.11. The van der Waals surface area contributed by atoms with Gasteiger partial charge in [0.1, 0.15) is 5.82 Å². The summed E-state index contributed by atoms with van der Waals surface area (Å²) in [5.74, 6) is -0.0696. The summed E-state index contributed by atoms with van der Waals surface area (Å²) in [5, 5.41) is 9.19. The second-order valence-electron chi connectivity index (χ2n) is 5.57. The van der Waals surface area contributed by atoms with Crippen molar-refractivity contribution in [3.8, 4) is 0 Å². The first-order valence-corrected chi connectivity index (χ1v) is 6.69. The fraction of sp³-hybridized carbons (Fsp3) is 0.500. The van der Waals surface area contributed by atoms with Crippen molar-refractivity contribution in [2.24, 2.45) is 0 Å². The summed E-state index contributed by atoms with van der Waals surface area (Å²) in [5.41, 5.74) is 1.30. The van der Waals surface area contributed by atoms with E-state index in [0.717, 1.165) is 18.7 Å². The standard InChI is InChI=1S/C14H17N3O2/c1-14(6-3-2-4-7-14)13-16-10-9(12(18)19)5-8-15-11(10)17-13/h5,8H,2-4,6-7H2,1H3,(H,18,19)(H,15,16,17). The quantitative estimate of drug-likeness (QED) is 0.869. The molecule has 1 aliphatic carbocycles. The summed E-state index contributed by atoms with van der Waals surface area (Å²) in [6.07, 6.45) is 7.36. The van der Waals surface area contributed by atoms with Gasteiger partial charge in [-0.3, -0.25) is 0 Å². The lowest BCUT2D eigenvalue weighted by Gasteiger charge is -2.31. The van der Waals surface area contributed by atoms with Gasteiger partial charge in [-0.25, -0.2) is 14.8 Å². The Morgan fingerprint density at radius 1 is 1.37 bits per heavy atom. The maximum Gasteiger partial charge on any atom is 0.338 e. The number of carboxylic acids is 1. The van der Waals surface area contributed by atoms with Crippen molar-refractivity contribution >= 4 is 17.1 Å². The third kappa shape index (κ3) is 1.99. The molecule has 0 bridgehead atoms. The number of H-pyrrole nitrogens is 1. The molecule has 19 heavy (non-hydrogen) atoms. The summed E-state index contributed by atoms with van der Waals surface area (Å²) >= 11 is 0. The van der Waals surface area contributed by atoms with Gasteiger partial charge in [0.25, 0.3) is 0 Å². The fourth-order valence-corrected chi connectivity index (χ4v) is 2.94. The summed E-state index contributed by atoms with van der Waals surface area (Å²) in [6.45, 7) is 2.20. The molecule has 2 aromatic heterocycles. The van der Waals surface area contributed by atoms with Crippen LogP contribution >= 0.6 is 0 Å². The van der Waals surface area contributed by atoms with Gasteiger partial charge in [-0.05, 0) is 18.9 Å². The van der Waals surface area contributed by atoms with Gasteiger partial charge in [-0.15, -0.1) is 0 Å². The molecule has 0 spiro atoms. The Kier molecular flexibility index (Phi) is 2.77. The molecule has 0 unspecified atom stereocenters. The molecule has 1 fully saturated rings. The number of carbonyl (C=O) groups is 1. The van der Waals surface area contributed by atoms with Crippen molar-refractivity contribution in [3.63, 3.8) is 0 Å². The van der Waals surface area contributed by atoms with E-state index < -0.39 is 5.97 Å². The number of aromatic amines is 1. The monoisotopic (exact) mass is 259 g/mol. The van der Waals surface area contributed by atoms with Crippen molar-refractivity contribution in [1.29, 1.82) is 0 Å². The Morgan fingerprint density at radius 3 is 2.79 bits per heavy atom. The van der Waals surface area contributed by atoms with Crippen LogP contribution < -0.4 is 0 Å². The highest BCUT2D eigenvalue weighted by Crippen LogP contribution is 2.38. The molecular weight excluding hydrogens is 242 g/mol. The van der Waals surface area contributed by atoms with Crippen molar-refractivity contribution in [2.75, 3.05) is 0 Å². The molecule has 0 atom stereocenters. The van der Waals surface area contributed by atoms with Crippen molar-refractivity contribution in [3.05, 3.63) is 23.7 Å². The topological polar surface area (TPSA) is 78.9 Å². The number of pyridine rings is 1. The molecule has 0 amide bonds. The minimum Gasteiger partial charge on any atom is -0.478 e. The van der Waals surface area contributed by atoms with E-state index in [1.807, 2.05) is 0 Å². The number of carboxylic acid groups (broad SMARTS) is 1. The van der Waals surface area contributed by atoms with Crippen LogP contribution in [0.3, 0.4) is 0 Å². The summed E-state index contributed by atoms with van der Waals surface area (Å²) in [7, 11) is 0. The second kappa shape index (κ2) is 4.33. The average molecular weight is 259 g/mol. The van der Waals surface area contributed by atoms with Gasteiger partial charge in [0.05, 0.1) is 11.1 Å². The van der Waals surface area contributed by atoms with Crippen LogP contribution in [0.25, 0.3) is 11.2 Å². The molecule has 0 aromatic carbocycles. The number of hydrogen-bond acceptors (Lipinski definition) is 3. The summed E-state index contributed by atoms with van der Waals surface area (Å²) in [4.78, 5) is 23.1. The number of imidazole rings is 1. The Bertz CT molecular complexity index is 627. The normalized spacial score (nSPS) is 18.6. The van der Waals surface area contributed by atoms with Crippen LogP contribution in [-0.2, 0) is 5.41 Å². The van der Waals surface area contributed by atoms with Crippen molar-refractivity contribution in [2.45, 2.75) is 44.4 Å². The van der Waals surface area contributed by atoms with Gasteiger partial charge in [0, 0.05) is 11.6 Å². The van der Waals surface area contributed by atoms with E-state index in [1.54, 1.807) is 0 Å². The van der Waals surface area contributed by atoms with Gasteiger partial charge in [0.15, 0.2) is 5.65 Å². The van der Waals surface area contributed by atoms with E-state index in [2.05, 4.69) is 21.9 Å². The molecule has 3 rings (SSSR count). The first kappa shape index (κ1) is 12.1. The largest absolute Gasteiger partial charge is 0.478 e. The predicted octanol–water partition coefficient (Wildman–Crippen LogP) is 2.88. The van der Waals surface area contributed by atoms with E-state index in [1.165, 1.54) is 31.5 Å². The lowest BCUT2D eigenvalue weighted by Crippen LogP contribution is -2.26. The van der Waals surface area contributed by atoms with Gasteiger partial charge >= 0.3 is 5.97 Å². The van der Waals surface area contributed by atoms with E-state index >= 15 is 0 Å². The molecule has 2 aromatic rings. The molecule has 5 nitrogen and oxygen atoms in total. The van der Waals surface area contributed by atoms with E-state index in [0.29, 0.717) is 11.2 Å².